The number of rotatable bonds is 37. The molecule has 0 amide bonds. The summed E-state index contributed by atoms with van der Waals surface area (Å²) >= 11 is 0. The van der Waals surface area contributed by atoms with Gasteiger partial charge in [-0.3, -0.25) is 14.1 Å². The second kappa shape index (κ2) is 38.3. The highest BCUT2D eigenvalue weighted by molar-refractivity contribution is 7.85. The number of esters is 2. The summed E-state index contributed by atoms with van der Waals surface area (Å²) in [6, 6.07) is 0. The van der Waals surface area contributed by atoms with Crippen molar-refractivity contribution in [2.24, 2.45) is 0 Å². The molecule has 1 fully saturated rings. The lowest BCUT2D eigenvalue weighted by molar-refractivity contribution is -0.297. The van der Waals surface area contributed by atoms with Gasteiger partial charge in [-0.1, -0.05) is 163 Å². The van der Waals surface area contributed by atoms with Crippen molar-refractivity contribution in [2.45, 2.75) is 192 Å². The van der Waals surface area contributed by atoms with Crippen LogP contribution in [-0.4, -0.2) is 96.0 Å². The summed E-state index contributed by atoms with van der Waals surface area (Å²) in [6.07, 6.45) is 40.8. The smallest absolute Gasteiger partial charge is 0.306 e. The Morgan fingerprint density at radius 1 is 0.565 bits per heavy atom. The molecule has 0 spiro atoms. The molecule has 2 unspecified atom stereocenters. The lowest BCUT2D eigenvalue weighted by atomic mass is 10.00. The van der Waals surface area contributed by atoms with E-state index in [1.807, 2.05) is 24.3 Å². The van der Waals surface area contributed by atoms with Gasteiger partial charge in [0.25, 0.3) is 10.1 Å². The number of hydrogen-bond acceptors (Lipinski definition) is 11. The summed E-state index contributed by atoms with van der Waals surface area (Å²) in [5.74, 6) is -2.16. The van der Waals surface area contributed by atoms with E-state index in [0.717, 1.165) is 44.9 Å². The summed E-state index contributed by atoms with van der Waals surface area (Å²) in [4.78, 5) is 25.4. The number of hydrogen-bond donors (Lipinski definition) is 4. The molecule has 0 aromatic carbocycles. The normalized spacial score (nSPS) is 20.6. The third-order valence-electron chi connectivity index (χ3n) is 9.99. The second-order valence-electron chi connectivity index (χ2n) is 15.7. The van der Waals surface area contributed by atoms with Crippen molar-refractivity contribution in [1.82, 2.24) is 0 Å². The molecule has 4 N–H and O–H groups in total. The van der Waals surface area contributed by atoms with Gasteiger partial charge in [0.2, 0.25) is 0 Å². The van der Waals surface area contributed by atoms with Crippen molar-refractivity contribution in [3.63, 3.8) is 0 Å². The van der Waals surface area contributed by atoms with E-state index < -0.39 is 71.2 Å². The quantitative estimate of drug-likeness (QED) is 0.0201. The first-order valence-corrected chi connectivity index (χ1v) is 24.8. The molecule has 1 aliphatic rings. The maximum Gasteiger partial charge on any atom is 0.306 e. The summed E-state index contributed by atoms with van der Waals surface area (Å²) in [5, 5.41) is 30.9. The van der Waals surface area contributed by atoms with E-state index >= 15 is 0 Å². The van der Waals surface area contributed by atoms with Gasteiger partial charge in [-0.2, -0.15) is 8.42 Å². The van der Waals surface area contributed by atoms with Crippen LogP contribution < -0.4 is 0 Å². The average Bonchev–Trinajstić information content (AvgIpc) is 3.24. The highest BCUT2D eigenvalue weighted by atomic mass is 32.2. The van der Waals surface area contributed by atoms with Crippen molar-refractivity contribution in [3.8, 4) is 0 Å². The second-order valence-corrected chi connectivity index (χ2v) is 17.2. The third-order valence-corrected chi connectivity index (χ3v) is 10.7. The Labute approximate surface area is 373 Å². The van der Waals surface area contributed by atoms with Crippen LogP contribution in [0.1, 0.15) is 155 Å². The zero-order chi connectivity index (χ0) is 45.5. The van der Waals surface area contributed by atoms with Gasteiger partial charge in [0, 0.05) is 12.8 Å². The summed E-state index contributed by atoms with van der Waals surface area (Å²) < 4.78 is 53.9. The topological polar surface area (TPSA) is 186 Å². The van der Waals surface area contributed by atoms with Gasteiger partial charge < -0.3 is 34.3 Å². The molecule has 0 radical (unpaired) electrons. The van der Waals surface area contributed by atoms with Crippen molar-refractivity contribution < 1.29 is 56.8 Å². The van der Waals surface area contributed by atoms with Crippen LogP contribution in [0.15, 0.2) is 85.1 Å². The molecule has 0 aliphatic carbocycles. The number of aliphatic hydroxyl groups excluding tert-OH is 3. The maximum absolute atomic E-state index is 12.8. The highest BCUT2D eigenvalue weighted by Crippen LogP contribution is 2.24. The molecular formula is C49H80O12S. The van der Waals surface area contributed by atoms with Crippen LogP contribution in [0, 0.1) is 0 Å². The van der Waals surface area contributed by atoms with Crippen molar-refractivity contribution in [3.05, 3.63) is 85.1 Å². The zero-order valence-corrected chi connectivity index (χ0v) is 38.5. The monoisotopic (exact) mass is 893 g/mol. The molecule has 0 aromatic heterocycles. The van der Waals surface area contributed by atoms with Crippen molar-refractivity contribution in [2.75, 3.05) is 19.0 Å². The standard InChI is InChI=1S/C49H80O12S/c1-3-5-7-9-11-13-15-17-19-20-21-22-24-26-28-30-32-34-36-38-45(51)60-42(40-59-49-48(54)47(53)46(52)43(61-49)41-62(55,56)57)39-58-44(50)37-35-33-31-29-27-25-23-18-16-14-12-10-8-6-4-2/h5,7,11,13,17,19,21-22,26,28,31-34,42-43,46-49,52-54H,3-4,6,8-10,12,14-16,18,20,23-25,27,29-30,35-41H2,1-2H3,(H,55,56,57)/b7-5+,13-11+,19-17+,22-21+,28-26+,33-31+,34-32+/t42-,43-,46-,47?,48?,49+/m1/s1. The fourth-order valence-electron chi connectivity index (χ4n) is 6.42. The maximum atomic E-state index is 12.8. The van der Waals surface area contributed by atoms with Crippen LogP contribution in [0.4, 0.5) is 0 Å². The van der Waals surface area contributed by atoms with Crippen LogP contribution in [0.5, 0.6) is 0 Å². The summed E-state index contributed by atoms with van der Waals surface area (Å²) in [5.41, 5.74) is 0. The number of allylic oxidation sites excluding steroid dienone is 14. The Morgan fingerprint density at radius 3 is 1.53 bits per heavy atom. The Kier molecular flexibility index (Phi) is 35.1. The Bertz CT molecular complexity index is 1460. The molecule has 1 heterocycles. The molecule has 1 aliphatic heterocycles. The zero-order valence-electron chi connectivity index (χ0n) is 37.7. The van der Waals surface area contributed by atoms with E-state index in [4.69, 9.17) is 18.9 Å². The lowest BCUT2D eigenvalue weighted by Crippen LogP contribution is -2.60. The van der Waals surface area contributed by atoms with Gasteiger partial charge in [0.15, 0.2) is 12.4 Å². The molecule has 0 aromatic rings. The minimum Gasteiger partial charge on any atom is -0.462 e. The Morgan fingerprint density at radius 2 is 1.02 bits per heavy atom. The fourth-order valence-corrected chi connectivity index (χ4v) is 7.12. The van der Waals surface area contributed by atoms with Crippen LogP contribution in [0.3, 0.4) is 0 Å². The molecule has 62 heavy (non-hydrogen) atoms. The van der Waals surface area contributed by atoms with E-state index in [9.17, 15) is 37.9 Å². The molecular weight excluding hydrogens is 813 g/mol. The molecule has 1 rings (SSSR count). The van der Waals surface area contributed by atoms with Gasteiger partial charge in [-0.05, 0) is 64.2 Å². The van der Waals surface area contributed by atoms with Gasteiger partial charge in [0.1, 0.15) is 36.8 Å². The Balaban J connectivity index is 2.52. The van der Waals surface area contributed by atoms with E-state index in [0.29, 0.717) is 19.3 Å². The Hall–Kier alpha value is -3.17. The predicted octanol–water partition coefficient (Wildman–Crippen LogP) is 9.67. The van der Waals surface area contributed by atoms with Gasteiger partial charge in [-0.15, -0.1) is 0 Å². The van der Waals surface area contributed by atoms with Crippen LogP contribution in [0.25, 0.3) is 0 Å². The minimum atomic E-state index is -4.62. The first-order valence-electron chi connectivity index (χ1n) is 23.1. The number of carbonyl (C=O) groups excluding carboxylic acids is 2. The molecule has 0 bridgehead atoms. The van der Waals surface area contributed by atoms with Crippen LogP contribution >= 0.6 is 0 Å². The first kappa shape index (κ1) is 56.8. The molecule has 354 valence electrons. The van der Waals surface area contributed by atoms with Crippen molar-refractivity contribution >= 4 is 22.1 Å². The number of carbonyl (C=O) groups is 2. The summed E-state index contributed by atoms with van der Waals surface area (Å²) in [7, 11) is -4.62. The van der Waals surface area contributed by atoms with Crippen LogP contribution in [0.2, 0.25) is 0 Å². The van der Waals surface area contributed by atoms with E-state index in [1.165, 1.54) is 64.2 Å². The SMILES string of the molecule is CC/C=C/C/C=C/C/C=C/C/C=C/C/C=C/C/C=C/CCC(=O)O[C@H](COC(=O)CC/C=C/CCCCCCCCCCCCC)CO[C@H]1O[C@H](CS(=O)(=O)O)[C@@H](O)C(O)C1O. The minimum absolute atomic E-state index is 0.0282. The highest BCUT2D eigenvalue weighted by Gasteiger charge is 2.46. The largest absolute Gasteiger partial charge is 0.462 e. The fraction of sp³-hybridized carbons (Fsp3) is 0.673. The first-order chi connectivity index (χ1) is 30.0. The van der Waals surface area contributed by atoms with E-state index in [2.05, 4.69) is 74.6 Å². The van der Waals surface area contributed by atoms with Gasteiger partial charge in [0.05, 0.1) is 6.61 Å². The number of unbranched alkanes of at least 4 members (excludes halogenated alkanes) is 11. The molecule has 1 saturated heterocycles. The molecule has 6 atom stereocenters. The number of ether oxygens (including phenoxy) is 4. The third kappa shape index (κ3) is 32.5. The molecule has 0 saturated carbocycles. The van der Waals surface area contributed by atoms with Crippen LogP contribution in [-0.2, 0) is 38.7 Å². The average molecular weight is 893 g/mol. The lowest BCUT2D eigenvalue weighted by Gasteiger charge is -2.40. The van der Waals surface area contributed by atoms with E-state index in [-0.39, 0.29) is 19.4 Å². The summed E-state index contributed by atoms with van der Waals surface area (Å²) in [6.45, 7) is 3.54. The molecule has 13 heteroatoms. The van der Waals surface area contributed by atoms with Gasteiger partial charge >= 0.3 is 11.9 Å². The van der Waals surface area contributed by atoms with Crippen molar-refractivity contribution in [1.29, 1.82) is 0 Å². The molecule has 12 nitrogen and oxygen atoms in total. The van der Waals surface area contributed by atoms with E-state index in [1.54, 1.807) is 0 Å². The van der Waals surface area contributed by atoms with Gasteiger partial charge in [-0.25, -0.2) is 0 Å². The predicted molar refractivity (Wildman–Crippen MR) is 247 cm³/mol. The number of aliphatic hydroxyl groups is 3.